The number of halogens is 1. The highest BCUT2D eigenvalue weighted by atomic mass is 19.1. The van der Waals surface area contributed by atoms with E-state index in [-0.39, 0.29) is 11.3 Å². The zero-order valence-electron chi connectivity index (χ0n) is 12.0. The zero-order chi connectivity index (χ0) is 14.6. The summed E-state index contributed by atoms with van der Waals surface area (Å²) in [7, 11) is 0. The summed E-state index contributed by atoms with van der Waals surface area (Å²) in [6, 6.07) is 10.1. The van der Waals surface area contributed by atoms with Crippen molar-refractivity contribution in [3.05, 3.63) is 54.0 Å². The van der Waals surface area contributed by atoms with Crippen LogP contribution in [0.15, 0.2) is 42.6 Å². The van der Waals surface area contributed by atoms with E-state index < -0.39 is 5.82 Å². The maximum atomic E-state index is 13.6. The topological polar surface area (TPSA) is 34.2 Å². The van der Waals surface area contributed by atoms with E-state index in [4.69, 9.17) is 4.74 Å². The monoisotopic (exact) mass is 274 g/mol. The number of aromatic nitrogens is 1. The van der Waals surface area contributed by atoms with E-state index >= 15 is 0 Å². The number of rotatable bonds is 4. The van der Waals surface area contributed by atoms with Gasteiger partial charge in [0.15, 0.2) is 11.6 Å². The van der Waals surface area contributed by atoms with Gasteiger partial charge in [0.1, 0.15) is 0 Å². The third kappa shape index (κ3) is 4.03. The van der Waals surface area contributed by atoms with Crippen molar-refractivity contribution in [3.63, 3.8) is 0 Å². The summed E-state index contributed by atoms with van der Waals surface area (Å²) in [5, 5.41) is 3.37. The van der Waals surface area contributed by atoms with E-state index in [0.29, 0.717) is 12.4 Å². The van der Waals surface area contributed by atoms with E-state index in [0.717, 1.165) is 5.56 Å². The Morgan fingerprint density at radius 3 is 2.60 bits per heavy atom. The van der Waals surface area contributed by atoms with Crippen LogP contribution in [0.5, 0.6) is 11.6 Å². The Bertz CT molecular complexity index is 579. The van der Waals surface area contributed by atoms with Gasteiger partial charge in [-0.15, -0.1) is 0 Å². The van der Waals surface area contributed by atoms with Crippen molar-refractivity contribution in [2.75, 3.05) is 0 Å². The Morgan fingerprint density at radius 1 is 1.15 bits per heavy atom. The fourth-order valence-electron chi connectivity index (χ4n) is 1.64. The molecule has 0 unspecified atom stereocenters. The number of para-hydroxylation sites is 1. The van der Waals surface area contributed by atoms with Crippen LogP contribution in [0.3, 0.4) is 0 Å². The van der Waals surface area contributed by atoms with Gasteiger partial charge in [-0.3, -0.25) is 0 Å². The highest BCUT2D eigenvalue weighted by Gasteiger charge is 2.13. The summed E-state index contributed by atoms with van der Waals surface area (Å²) in [5.74, 6) is 0.213. The van der Waals surface area contributed by atoms with Gasteiger partial charge in [0.2, 0.25) is 5.88 Å². The fraction of sp³-hybridized carbons (Fsp3) is 0.312. The molecule has 106 valence electrons. The zero-order valence-corrected chi connectivity index (χ0v) is 12.0. The van der Waals surface area contributed by atoms with Gasteiger partial charge in [-0.25, -0.2) is 9.37 Å². The predicted molar refractivity (Wildman–Crippen MR) is 77.3 cm³/mol. The Labute approximate surface area is 118 Å². The predicted octanol–water partition coefficient (Wildman–Crippen LogP) is 3.90. The molecule has 3 nitrogen and oxygen atoms in total. The van der Waals surface area contributed by atoms with Crippen LogP contribution in [0.25, 0.3) is 0 Å². The first-order valence-corrected chi connectivity index (χ1v) is 6.57. The molecule has 0 radical (unpaired) electrons. The van der Waals surface area contributed by atoms with Crippen LogP contribution in [0, 0.1) is 5.82 Å². The summed E-state index contributed by atoms with van der Waals surface area (Å²) < 4.78 is 19.2. The maximum absolute atomic E-state index is 13.6. The van der Waals surface area contributed by atoms with Crippen molar-refractivity contribution >= 4 is 0 Å². The molecule has 0 aliphatic carbocycles. The molecule has 1 N–H and O–H groups in total. The van der Waals surface area contributed by atoms with Gasteiger partial charge in [0.25, 0.3) is 0 Å². The van der Waals surface area contributed by atoms with E-state index in [1.807, 2.05) is 12.1 Å². The minimum atomic E-state index is -0.395. The van der Waals surface area contributed by atoms with Crippen molar-refractivity contribution in [1.82, 2.24) is 10.3 Å². The second-order valence-electron chi connectivity index (χ2n) is 5.60. The fourth-order valence-corrected chi connectivity index (χ4v) is 1.64. The quantitative estimate of drug-likeness (QED) is 0.918. The summed E-state index contributed by atoms with van der Waals surface area (Å²) in [6.45, 7) is 6.86. The highest BCUT2D eigenvalue weighted by molar-refractivity contribution is 5.33. The average Bonchev–Trinajstić information content (AvgIpc) is 2.39. The lowest BCUT2D eigenvalue weighted by molar-refractivity contribution is 0.399. The summed E-state index contributed by atoms with van der Waals surface area (Å²) in [5.41, 5.74) is 0.885. The minimum Gasteiger partial charge on any atom is -0.436 e. The van der Waals surface area contributed by atoms with Crippen LogP contribution in [0.1, 0.15) is 26.3 Å². The Hall–Kier alpha value is -1.94. The number of hydrogen-bond acceptors (Lipinski definition) is 3. The van der Waals surface area contributed by atoms with Crippen molar-refractivity contribution in [2.24, 2.45) is 0 Å². The van der Waals surface area contributed by atoms with Gasteiger partial charge in [-0.2, -0.15) is 0 Å². The molecule has 4 heteroatoms. The Kier molecular flexibility index (Phi) is 4.35. The molecule has 1 heterocycles. The standard InChI is InChI=1S/C16H19FN2O/c1-16(2,3)19-11-12-7-6-10-18-15(12)20-14-9-5-4-8-13(14)17/h4-10,19H,11H2,1-3H3. The van der Waals surface area contributed by atoms with Crippen molar-refractivity contribution in [3.8, 4) is 11.6 Å². The number of nitrogens with one attached hydrogen (secondary N) is 1. The third-order valence-electron chi connectivity index (χ3n) is 2.70. The second-order valence-corrected chi connectivity index (χ2v) is 5.60. The van der Waals surface area contributed by atoms with Crippen molar-refractivity contribution in [1.29, 1.82) is 0 Å². The summed E-state index contributed by atoms with van der Waals surface area (Å²) in [6.07, 6.45) is 1.64. The molecule has 0 saturated carbocycles. The molecule has 2 rings (SSSR count). The summed E-state index contributed by atoms with van der Waals surface area (Å²) >= 11 is 0. The molecule has 20 heavy (non-hydrogen) atoms. The number of pyridine rings is 1. The number of ether oxygens (including phenoxy) is 1. The largest absolute Gasteiger partial charge is 0.436 e. The lowest BCUT2D eigenvalue weighted by Gasteiger charge is -2.21. The highest BCUT2D eigenvalue weighted by Crippen LogP contribution is 2.25. The molecule has 0 aliphatic rings. The van der Waals surface area contributed by atoms with Gasteiger partial charge in [0.05, 0.1) is 0 Å². The normalized spacial score (nSPS) is 11.4. The lowest BCUT2D eigenvalue weighted by Crippen LogP contribution is -2.35. The first kappa shape index (κ1) is 14.5. The van der Waals surface area contributed by atoms with E-state index in [2.05, 4.69) is 31.1 Å². The molecular weight excluding hydrogens is 255 g/mol. The SMILES string of the molecule is CC(C)(C)NCc1cccnc1Oc1ccccc1F. The molecule has 0 atom stereocenters. The number of hydrogen-bond donors (Lipinski definition) is 1. The molecule has 1 aromatic heterocycles. The van der Waals surface area contributed by atoms with Gasteiger partial charge < -0.3 is 10.1 Å². The van der Waals surface area contributed by atoms with Gasteiger partial charge in [-0.05, 0) is 39.0 Å². The van der Waals surface area contributed by atoms with Gasteiger partial charge in [-0.1, -0.05) is 18.2 Å². The molecule has 1 aromatic carbocycles. The van der Waals surface area contributed by atoms with E-state index in [1.54, 1.807) is 24.4 Å². The Balaban J connectivity index is 2.18. The van der Waals surface area contributed by atoms with Crippen LogP contribution < -0.4 is 10.1 Å². The minimum absolute atomic E-state index is 0.00882. The van der Waals surface area contributed by atoms with Gasteiger partial charge in [0, 0.05) is 23.8 Å². The molecule has 2 aromatic rings. The van der Waals surface area contributed by atoms with Crippen LogP contribution in [-0.4, -0.2) is 10.5 Å². The average molecular weight is 274 g/mol. The molecule has 0 aliphatic heterocycles. The van der Waals surface area contributed by atoms with Crippen molar-refractivity contribution < 1.29 is 9.13 Å². The lowest BCUT2D eigenvalue weighted by atomic mass is 10.1. The maximum Gasteiger partial charge on any atom is 0.223 e. The molecular formula is C16H19FN2O. The molecule has 0 saturated heterocycles. The molecule has 0 fully saturated rings. The van der Waals surface area contributed by atoms with Gasteiger partial charge >= 0.3 is 0 Å². The van der Waals surface area contributed by atoms with Crippen molar-refractivity contribution in [2.45, 2.75) is 32.9 Å². The Morgan fingerprint density at radius 2 is 1.90 bits per heavy atom. The van der Waals surface area contributed by atoms with Crippen LogP contribution in [-0.2, 0) is 6.54 Å². The van der Waals surface area contributed by atoms with Crippen LogP contribution in [0.2, 0.25) is 0 Å². The van der Waals surface area contributed by atoms with Crippen LogP contribution >= 0.6 is 0 Å². The molecule has 0 spiro atoms. The number of benzene rings is 1. The first-order valence-electron chi connectivity index (χ1n) is 6.57. The summed E-state index contributed by atoms with van der Waals surface area (Å²) in [4.78, 5) is 4.19. The van der Waals surface area contributed by atoms with Crippen LogP contribution in [0.4, 0.5) is 4.39 Å². The van der Waals surface area contributed by atoms with E-state index in [1.165, 1.54) is 6.07 Å². The third-order valence-corrected chi connectivity index (χ3v) is 2.70. The van der Waals surface area contributed by atoms with E-state index in [9.17, 15) is 4.39 Å². The second kappa shape index (κ2) is 6.01. The smallest absolute Gasteiger partial charge is 0.223 e. The first-order chi connectivity index (χ1) is 9.46. The number of nitrogens with zero attached hydrogens (tertiary/aromatic N) is 1. The molecule has 0 amide bonds. The molecule has 0 bridgehead atoms.